The second kappa shape index (κ2) is 6.89. The van der Waals surface area contributed by atoms with E-state index in [1.165, 1.54) is 0 Å². The van der Waals surface area contributed by atoms with E-state index in [0.717, 1.165) is 36.8 Å². The molecule has 1 aromatic carbocycles. The molecular weight excluding hydrogens is 280 g/mol. The summed E-state index contributed by atoms with van der Waals surface area (Å²) in [5, 5.41) is 17.8. The monoisotopic (exact) mass is 302 g/mol. The van der Waals surface area contributed by atoms with Gasteiger partial charge in [0.15, 0.2) is 0 Å². The van der Waals surface area contributed by atoms with Gasteiger partial charge in [-0.3, -0.25) is 0 Å². The van der Waals surface area contributed by atoms with Gasteiger partial charge in [-0.2, -0.15) is 5.10 Å². The number of hydrogen-bond acceptors (Lipinski definition) is 5. The molecule has 0 saturated carbocycles. The van der Waals surface area contributed by atoms with E-state index < -0.39 is 6.10 Å². The molecule has 2 aromatic rings. The van der Waals surface area contributed by atoms with Gasteiger partial charge in [-0.05, 0) is 25.5 Å². The highest BCUT2D eigenvalue weighted by atomic mass is 16.5. The third-order valence-corrected chi connectivity index (χ3v) is 3.79. The molecule has 0 radical (unpaired) electrons. The van der Waals surface area contributed by atoms with Crippen molar-refractivity contribution in [1.82, 2.24) is 20.1 Å². The smallest absolute Gasteiger partial charge is 0.147 e. The Balaban J connectivity index is 1.41. The van der Waals surface area contributed by atoms with Crippen LogP contribution in [0.15, 0.2) is 30.3 Å². The molecule has 0 amide bonds. The highest BCUT2D eigenvalue weighted by Gasteiger charge is 2.21. The molecule has 0 fully saturated rings. The first-order chi connectivity index (χ1) is 10.7. The number of nitrogens with one attached hydrogen (secondary N) is 1. The maximum atomic E-state index is 10.0. The predicted octanol–water partition coefficient (Wildman–Crippen LogP) is 0.931. The third-order valence-electron chi connectivity index (χ3n) is 3.79. The van der Waals surface area contributed by atoms with Crippen LogP contribution in [0.2, 0.25) is 0 Å². The fourth-order valence-corrected chi connectivity index (χ4v) is 2.67. The first-order valence-electron chi connectivity index (χ1n) is 7.70. The van der Waals surface area contributed by atoms with Crippen molar-refractivity contribution >= 4 is 0 Å². The van der Waals surface area contributed by atoms with Gasteiger partial charge in [-0.25, -0.2) is 9.67 Å². The maximum Gasteiger partial charge on any atom is 0.147 e. The molecule has 118 valence electrons. The highest BCUT2D eigenvalue weighted by Crippen LogP contribution is 2.13. The number of rotatable bonds is 6. The van der Waals surface area contributed by atoms with E-state index >= 15 is 0 Å². The van der Waals surface area contributed by atoms with Crippen LogP contribution in [-0.4, -0.2) is 45.2 Å². The summed E-state index contributed by atoms with van der Waals surface area (Å²) in [5.41, 5.74) is 0. The van der Waals surface area contributed by atoms with E-state index in [-0.39, 0.29) is 6.61 Å². The number of para-hydroxylation sites is 1. The average Bonchev–Trinajstić information content (AvgIpc) is 2.91. The van der Waals surface area contributed by atoms with Crippen molar-refractivity contribution in [3.8, 4) is 5.75 Å². The van der Waals surface area contributed by atoms with Crippen molar-refractivity contribution in [2.75, 3.05) is 13.2 Å². The molecule has 6 nitrogen and oxygen atoms in total. The summed E-state index contributed by atoms with van der Waals surface area (Å²) < 4.78 is 7.51. The number of nitrogens with zero attached hydrogens (tertiary/aromatic N) is 3. The van der Waals surface area contributed by atoms with Gasteiger partial charge in [0.1, 0.15) is 30.1 Å². The zero-order valence-electron chi connectivity index (χ0n) is 12.8. The Kier molecular flexibility index (Phi) is 4.70. The maximum absolute atomic E-state index is 10.0. The van der Waals surface area contributed by atoms with Crippen LogP contribution in [0.25, 0.3) is 0 Å². The molecule has 6 heteroatoms. The topological polar surface area (TPSA) is 72.2 Å². The van der Waals surface area contributed by atoms with Crippen LogP contribution in [0, 0.1) is 6.92 Å². The summed E-state index contributed by atoms with van der Waals surface area (Å²) in [6, 6.07) is 9.86. The van der Waals surface area contributed by atoms with Crippen molar-refractivity contribution < 1.29 is 9.84 Å². The molecule has 2 heterocycles. The van der Waals surface area contributed by atoms with E-state index in [4.69, 9.17) is 4.74 Å². The Labute approximate surface area is 130 Å². The van der Waals surface area contributed by atoms with Crippen molar-refractivity contribution in [1.29, 1.82) is 0 Å². The Morgan fingerprint density at radius 2 is 2.23 bits per heavy atom. The van der Waals surface area contributed by atoms with Gasteiger partial charge >= 0.3 is 0 Å². The van der Waals surface area contributed by atoms with Gasteiger partial charge < -0.3 is 15.2 Å². The minimum Gasteiger partial charge on any atom is -0.491 e. The molecule has 1 aliphatic rings. The summed E-state index contributed by atoms with van der Waals surface area (Å²) >= 11 is 0. The standard InChI is InChI=1S/C16H22N4O2/c1-12-18-16-8-7-13(10-20(16)19-12)17-9-14(21)11-22-15-5-3-2-4-6-15/h2-6,13-14,17,21H,7-11H2,1H3/t13-,14+/m1/s1. The zero-order chi connectivity index (χ0) is 15.4. The van der Waals surface area contributed by atoms with E-state index in [0.29, 0.717) is 12.6 Å². The largest absolute Gasteiger partial charge is 0.491 e. The van der Waals surface area contributed by atoms with Gasteiger partial charge in [-0.15, -0.1) is 0 Å². The molecule has 1 aromatic heterocycles. The fraction of sp³-hybridized carbons (Fsp3) is 0.500. The summed E-state index contributed by atoms with van der Waals surface area (Å²) in [6.07, 6.45) is 1.42. The average molecular weight is 302 g/mol. The van der Waals surface area contributed by atoms with E-state index in [2.05, 4.69) is 15.4 Å². The molecule has 0 bridgehead atoms. The first-order valence-corrected chi connectivity index (χ1v) is 7.70. The number of aromatic nitrogens is 3. The molecule has 0 spiro atoms. The Morgan fingerprint density at radius 1 is 1.41 bits per heavy atom. The van der Waals surface area contributed by atoms with Crippen LogP contribution in [0.4, 0.5) is 0 Å². The second-order valence-corrected chi connectivity index (χ2v) is 5.68. The Hall–Kier alpha value is -1.92. The van der Waals surface area contributed by atoms with Gasteiger partial charge in [0.2, 0.25) is 0 Å². The SMILES string of the molecule is Cc1nc2n(n1)C[C@H](NC[C@H](O)COc1ccccc1)CC2. The van der Waals surface area contributed by atoms with Crippen LogP contribution in [0.3, 0.4) is 0 Å². The zero-order valence-corrected chi connectivity index (χ0v) is 12.8. The van der Waals surface area contributed by atoms with E-state index in [1.807, 2.05) is 41.9 Å². The van der Waals surface area contributed by atoms with Crippen LogP contribution in [0.1, 0.15) is 18.1 Å². The summed E-state index contributed by atoms with van der Waals surface area (Å²) in [6.45, 7) is 3.53. The molecule has 22 heavy (non-hydrogen) atoms. The minimum atomic E-state index is -0.529. The molecule has 3 rings (SSSR count). The lowest BCUT2D eigenvalue weighted by Crippen LogP contribution is -2.42. The van der Waals surface area contributed by atoms with Crippen molar-refractivity contribution in [2.24, 2.45) is 0 Å². The molecule has 0 saturated heterocycles. The molecule has 0 aliphatic carbocycles. The fourth-order valence-electron chi connectivity index (χ4n) is 2.67. The summed E-state index contributed by atoms with van der Waals surface area (Å²) in [5.74, 6) is 2.66. The second-order valence-electron chi connectivity index (χ2n) is 5.68. The molecule has 1 aliphatic heterocycles. The van der Waals surface area contributed by atoms with Crippen LogP contribution < -0.4 is 10.1 Å². The predicted molar refractivity (Wildman–Crippen MR) is 82.8 cm³/mol. The van der Waals surface area contributed by atoms with Crippen molar-refractivity contribution in [2.45, 2.75) is 38.5 Å². The van der Waals surface area contributed by atoms with Gasteiger partial charge in [-0.1, -0.05) is 18.2 Å². The van der Waals surface area contributed by atoms with Crippen molar-refractivity contribution in [3.05, 3.63) is 42.0 Å². The van der Waals surface area contributed by atoms with Gasteiger partial charge in [0, 0.05) is 19.0 Å². The number of aliphatic hydroxyl groups excluding tert-OH is 1. The first kappa shape index (κ1) is 15.0. The van der Waals surface area contributed by atoms with Gasteiger partial charge in [0.05, 0.1) is 6.54 Å². The Bertz CT molecular complexity index is 599. The normalized spacial score (nSPS) is 18.7. The van der Waals surface area contributed by atoms with Gasteiger partial charge in [0.25, 0.3) is 0 Å². The quantitative estimate of drug-likeness (QED) is 0.830. The summed E-state index contributed by atoms with van der Waals surface area (Å²) in [4.78, 5) is 4.40. The lowest BCUT2D eigenvalue weighted by molar-refractivity contribution is 0.101. The number of aliphatic hydroxyl groups is 1. The number of ether oxygens (including phenoxy) is 1. The Morgan fingerprint density at radius 3 is 3.05 bits per heavy atom. The number of aryl methyl sites for hydroxylation is 2. The third kappa shape index (κ3) is 3.84. The van der Waals surface area contributed by atoms with E-state index in [1.54, 1.807) is 0 Å². The lowest BCUT2D eigenvalue weighted by atomic mass is 10.1. The van der Waals surface area contributed by atoms with Crippen LogP contribution in [0.5, 0.6) is 5.75 Å². The minimum absolute atomic E-state index is 0.289. The molecule has 2 N–H and O–H groups in total. The van der Waals surface area contributed by atoms with Crippen LogP contribution >= 0.6 is 0 Å². The van der Waals surface area contributed by atoms with Crippen molar-refractivity contribution in [3.63, 3.8) is 0 Å². The highest BCUT2D eigenvalue weighted by molar-refractivity contribution is 5.20. The number of hydrogen-bond donors (Lipinski definition) is 2. The van der Waals surface area contributed by atoms with Crippen LogP contribution in [-0.2, 0) is 13.0 Å². The molecule has 0 unspecified atom stereocenters. The molecular formula is C16H22N4O2. The van der Waals surface area contributed by atoms with E-state index in [9.17, 15) is 5.11 Å². The lowest BCUT2D eigenvalue weighted by Gasteiger charge is -2.24. The molecule has 2 atom stereocenters. The number of fused-ring (bicyclic) bond motifs is 1. The number of benzene rings is 1. The summed E-state index contributed by atoms with van der Waals surface area (Å²) in [7, 11) is 0.